The molecule has 1 spiro atoms. The molecule has 2 saturated heterocycles. The monoisotopic (exact) mass is 228 g/mol. The highest BCUT2D eigenvalue weighted by atomic mass is 16.6. The minimum absolute atomic E-state index is 0.00812. The summed E-state index contributed by atoms with van der Waals surface area (Å²) in [5.41, 5.74) is 5.57. The molecule has 1 atom stereocenters. The number of ether oxygens (including phenoxy) is 2. The van der Waals surface area contributed by atoms with Crippen molar-refractivity contribution in [3.05, 3.63) is 0 Å². The lowest BCUT2D eigenvalue weighted by Crippen LogP contribution is -2.54. The molecule has 5 heteroatoms. The van der Waals surface area contributed by atoms with Crippen molar-refractivity contribution in [2.45, 2.75) is 32.4 Å². The molecule has 0 aliphatic carbocycles. The smallest absolute Gasteiger partial charge is 0.410 e. The highest BCUT2D eigenvalue weighted by Crippen LogP contribution is 2.37. The van der Waals surface area contributed by atoms with E-state index in [0.29, 0.717) is 26.3 Å². The molecule has 2 aliphatic rings. The van der Waals surface area contributed by atoms with Crippen LogP contribution in [0.3, 0.4) is 0 Å². The van der Waals surface area contributed by atoms with E-state index in [9.17, 15) is 4.79 Å². The number of likely N-dealkylation sites (tertiary alicyclic amines) is 1. The predicted octanol–water partition coefficient (Wildman–Crippen LogP) is 0.581. The second-order valence-corrected chi connectivity index (χ2v) is 5.82. The maximum atomic E-state index is 11.8. The first-order valence-corrected chi connectivity index (χ1v) is 5.64. The second kappa shape index (κ2) is 3.60. The zero-order valence-electron chi connectivity index (χ0n) is 10.2. The van der Waals surface area contributed by atoms with Crippen LogP contribution in [0, 0.1) is 5.41 Å². The Kier molecular flexibility index (Phi) is 2.62. The highest BCUT2D eigenvalue weighted by molar-refractivity contribution is 5.69. The number of carbonyl (C=O) groups excluding carboxylic acids is 1. The SMILES string of the molecule is CC(C)(C)OC(=O)N1CC(N)C2(COC2)C1. The van der Waals surface area contributed by atoms with Gasteiger partial charge < -0.3 is 20.1 Å². The lowest BCUT2D eigenvalue weighted by Gasteiger charge is -2.40. The van der Waals surface area contributed by atoms with Crippen molar-refractivity contribution in [3.8, 4) is 0 Å². The van der Waals surface area contributed by atoms with Crippen molar-refractivity contribution < 1.29 is 14.3 Å². The van der Waals surface area contributed by atoms with Crippen LogP contribution in [0.1, 0.15) is 20.8 Å². The summed E-state index contributed by atoms with van der Waals surface area (Å²) in [6, 6.07) is 0.00812. The zero-order valence-corrected chi connectivity index (χ0v) is 10.2. The Bertz CT molecular complexity index is 294. The summed E-state index contributed by atoms with van der Waals surface area (Å²) in [5.74, 6) is 0. The van der Waals surface area contributed by atoms with Gasteiger partial charge in [0.1, 0.15) is 5.60 Å². The van der Waals surface area contributed by atoms with Crippen LogP contribution in [-0.4, -0.2) is 48.9 Å². The lowest BCUT2D eigenvalue weighted by atomic mass is 9.82. The highest BCUT2D eigenvalue weighted by Gasteiger charge is 2.52. The summed E-state index contributed by atoms with van der Waals surface area (Å²) >= 11 is 0. The number of hydrogen-bond acceptors (Lipinski definition) is 4. The molecule has 16 heavy (non-hydrogen) atoms. The summed E-state index contributed by atoms with van der Waals surface area (Å²) in [6.45, 7) is 8.14. The molecule has 0 radical (unpaired) electrons. The largest absolute Gasteiger partial charge is 0.444 e. The van der Waals surface area contributed by atoms with Crippen LogP contribution in [0.2, 0.25) is 0 Å². The van der Waals surface area contributed by atoms with Gasteiger partial charge in [0.15, 0.2) is 0 Å². The van der Waals surface area contributed by atoms with Crippen LogP contribution < -0.4 is 5.73 Å². The van der Waals surface area contributed by atoms with Crippen molar-refractivity contribution in [3.63, 3.8) is 0 Å². The molecule has 1 amide bonds. The Hall–Kier alpha value is -0.810. The first-order valence-electron chi connectivity index (χ1n) is 5.64. The second-order valence-electron chi connectivity index (χ2n) is 5.82. The molecule has 2 fully saturated rings. The van der Waals surface area contributed by atoms with Gasteiger partial charge in [-0.25, -0.2) is 4.79 Å². The number of hydrogen-bond donors (Lipinski definition) is 1. The van der Waals surface area contributed by atoms with Crippen LogP contribution in [-0.2, 0) is 9.47 Å². The molecule has 5 nitrogen and oxygen atoms in total. The Labute approximate surface area is 95.9 Å². The van der Waals surface area contributed by atoms with Crippen LogP contribution in [0.5, 0.6) is 0 Å². The van der Waals surface area contributed by atoms with Crippen molar-refractivity contribution in [1.82, 2.24) is 4.90 Å². The van der Waals surface area contributed by atoms with E-state index in [4.69, 9.17) is 15.2 Å². The summed E-state index contributed by atoms with van der Waals surface area (Å²) in [7, 11) is 0. The Morgan fingerprint density at radius 3 is 2.50 bits per heavy atom. The minimum Gasteiger partial charge on any atom is -0.444 e. The third-order valence-corrected chi connectivity index (χ3v) is 3.14. The Morgan fingerprint density at radius 2 is 2.12 bits per heavy atom. The van der Waals surface area contributed by atoms with Gasteiger partial charge in [0.05, 0.1) is 18.6 Å². The van der Waals surface area contributed by atoms with Gasteiger partial charge in [0, 0.05) is 19.1 Å². The van der Waals surface area contributed by atoms with Crippen molar-refractivity contribution in [2.24, 2.45) is 11.1 Å². The number of carbonyl (C=O) groups is 1. The summed E-state index contributed by atoms with van der Waals surface area (Å²) in [5, 5.41) is 0. The molecule has 2 N–H and O–H groups in total. The standard InChI is InChI=1S/C11H20N2O3/c1-10(2,3)16-9(14)13-4-8(12)11(5-13)6-15-7-11/h8H,4-7,12H2,1-3H3. The lowest BCUT2D eigenvalue weighted by molar-refractivity contribution is -0.111. The van der Waals surface area contributed by atoms with E-state index in [2.05, 4.69) is 0 Å². The van der Waals surface area contributed by atoms with Crippen molar-refractivity contribution in [1.29, 1.82) is 0 Å². The minimum atomic E-state index is -0.451. The third-order valence-electron chi connectivity index (χ3n) is 3.14. The van der Waals surface area contributed by atoms with Gasteiger partial charge in [0.2, 0.25) is 0 Å². The quantitative estimate of drug-likeness (QED) is 0.658. The molecule has 2 aliphatic heterocycles. The Morgan fingerprint density at radius 1 is 1.50 bits per heavy atom. The fourth-order valence-corrected chi connectivity index (χ4v) is 2.13. The maximum absolute atomic E-state index is 11.8. The number of rotatable bonds is 0. The molecule has 0 aromatic rings. The van der Waals surface area contributed by atoms with Crippen LogP contribution in [0.4, 0.5) is 4.79 Å². The van der Waals surface area contributed by atoms with Crippen molar-refractivity contribution in [2.75, 3.05) is 26.3 Å². The van der Waals surface area contributed by atoms with Crippen molar-refractivity contribution >= 4 is 6.09 Å². The van der Waals surface area contributed by atoms with Gasteiger partial charge in [-0.15, -0.1) is 0 Å². The molecule has 92 valence electrons. The van der Waals surface area contributed by atoms with Gasteiger partial charge in [-0.2, -0.15) is 0 Å². The number of nitrogens with zero attached hydrogens (tertiary/aromatic N) is 1. The molecular weight excluding hydrogens is 208 g/mol. The third kappa shape index (κ3) is 2.01. The molecule has 2 rings (SSSR count). The molecule has 1 unspecified atom stereocenters. The number of nitrogens with two attached hydrogens (primary N) is 1. The average molecular weight is 228 g/mol. The van der Waals surface area contributed by atoms with Crippen LogP contribution >= 0.6 is 0 Å². The molecule has 0 aromatic carbocycles. The van der Waals surface area contributed by atoms with Gasteiger partial charge in [-0.05, 0) is 20.8 Å². The first-order chi connectivity index (χ1) is 7.32. The fraction of sp³-hybridized carbons (Fsp3) is 0.909. The summed E-state index contributed by atoms with van der Waals surface area (Å²) < 4.78 is 10.5. The van der Waals surface area contributed by atoms with E-state index < -0.39 is 5.60 Å². The van der Waals surface area contributed by atoms with E-state index in [1.54, 1.807) is 4.90 Å². The average Bonchev–Trinajstić information content (AvgIpc) is 2.39. The molecule has 0 aromatic heterocycles. The van der Waals surface area contributed by atoms with Gasteiger partial charge in [-0.1, -0.05) is 0 Å². The van der Waals surface area contributed by atoms with E-state index in [1.807, 2.05) is 20.8 Å². The first kappa shape index (κ1) is 11.7. The normalized spacial score (nSPS) is 28.0. The summed E-state index contributed by atoms with van der Waals surface area (Å²) in [4.78, 5) is 13.5. The fourth-order valence-electron chi connectivity index (χ4n) is 2.13. The number of amides is 1. The molecule has 0 bridgehead atoms. The predicted molar refractivity (Wildman–Crippen MR) is 59.0 cm³/mol. The van der Waals surface area contributed by atoms with E-state index >= 15 is 0 Å². The summed E-state index contributed by atoms with van der Waals surface area (Å²) in [6.07, 6.45) is -0.272. The zero-order chi connectivity index (χ0) is 12.0. The molecular formula is C11H20N2O3. The maximum Gasteiger partial charge on any atom is 0.410 e. The van der Waals surface area contributed by atoms with Gasteiger partial charge >= 0.3 is 6.09 Å². The van der Waals surface area contributed by atoms with Gasteiger partial charge in [0.25, 0.3) is 0 Å². The Balaban J connectivity index is 1.95. The van der Waals surface area contributed by atoms with E-state index in [1.165, 1.54) is 0 Å². The van der Waals surface area contributed by atoms with E-state index in [-0.39, 0.29) is 17.6 Å². The van der Waals surface area contributed by atoms with E-state index in [0.717, 1.165) is 0 Å². The van der Waals surface area contributed by atoms with Crippen LogP contribution in [0.25, 0.3) is 0 Å². The van der Waals surface area contributed by atoms with Crippen LogP contribution in [0.15, 0.2) is 0 Å². The van der Waals surface area contributed by atoms with Gasteiger partial charge in [-0.3, -0.25) is 0 Å². The molecule has 2 heterocycles. The topological polar surface area (TPSA) is 64.8 Å². The molecule has 0 saturated carbocycles.